The van der Waals surface area contributed by atoms with Gasteiger partial charge in [0.2, 0.25) is 0 Å². The number of hydrogen-bond acceptors (Lipinski definition) is 2. The summed E-state index contributed by atoms with van der Waals surface area (Å²) in [4.78, 5) is 11.0. The monoisotopic (exact) mass is 284 g/mol. The molecule has 0 aliphatic heterocycles. The Morgan fingerprint density at radius 1 is 1.00 bits per heavy atom. The molecule has 0 saturated heterocycles. The van der Waals surface area contributed by atoms with Gasteiger partial charge in [0.15, 0.2) is 0 Å². The molecule has 0 aromatic heterocycles. The van der Waals surface area contributed by atoms with Crippen LogP contribution in [0.15, 0.2) is 54.6 Å². The van der Waals surface area contributed by atoms with Gasteiger partial charge in [0, 0.05) is 0 Å². The van der Waals surface area contributed by atoms with Crippen molar-refractivity contribution in [3.05, 3.63) is 54.6 Å². The maximum Gasteiger partial charge on any atom is 0.309 e. The van der Waals surface area contributed by atoms with Crippen molar-refractivity contribution in [3.63, 3.8) is 0 Å². The van der Waals surface area contributed by atoms with E-state index in [9.17, 15) is 4.79 Å². The molecule has 0 unspecified atom stereocenters. The highest BCUT2D eigenvalue weighted by atomic mass is 16.5. The number of benzene rings is 2. The van der Waals surface area contributed by atoms with Crippen molar-refractivity contribution in [2.45, 2.75) is 20.3 Å². The number of rotatable bonds is 6. The molecule has 0 heterocycles. The van der Waals surface area contributed by atoms with Crippen LogP contribution < -0.4 is 4.74 Å². The molecule has 2 aromatic carbocycles. The predicted molar refractivity (Wildman–Crippen MR) is 83.4 cm³/mol. The number of carboxylic acid groups (broad SMARTS) is 1. The average molecular weight is 284 g/mol. The zero-order chi connectivity index (χ0) is 15.3. The van der Waals surface area contributed by atoms with Crippen LogP contribution in [-0.2, 0) is 4.79 Å². The lowest BCUT2D eigenvalue weighted by molar-refractivity contribution is -0.147. The van der Waals surface area contributed by atoms with Gasteiger partial charge >= 0.3 is 5.97 Å². The molecule has 1 N–H and O–H groups in total. The molecule has 0 fully saturated rings. The van der Waals surface area contributed by atoms with Gasteiger partial charge in [-0.1, -0.05) is 42.5 Å². The van der Waals surface area contributed by atoms with E-state index < -0.39 is 11.4 Å². The summed E-state index contributed by atoms with van der Waals surface area (Å²) in [5, 5.41) is 9.05. The van der Waals surface area contributed by atoms with E-state index in [1.54, 1.807) is 13.8 Å². The van der Waals surface area contributed by atoms with Gasteiger partial charge in [-0.05, 0) is 43.5 Å². The smallest absolute Gasteiger partial charge is 0.309 e. The third-order valence-corrected chi connectivity index (χ3v) is 3.54. The summed E-state index contributed by atoms with van der Waals surface area (Å²) in [5.74, 6) is -0.0404. The Balaban J connectivity index is 1.93. The molecule has 0 saturated carbocycles. The van der Waals surface area contributed by atoms with Crippen molar-refractivity contribution in [2.24, 2.45) is 5.41 Å². The average Bonchev–Trinajstić information content (AvgIpc) is 2.48. The van der Waals surface area contributed by atoms with E-state index >= 15 is 0 Å². The highest BCUT2D eigenvalue weighted by Gasteiger charge is 2.26. The van der Waals surface area contributed by atoms with Gasteiger partial charge in [-0.3, -0.25) is 4.79 Å². The van der Waals surface area contributed by atoms with Gasteiger partial charge in [-0.15, -0.1) is 0 Å². The predicted octanol–water partition coefficient (Wildman–Crippen LogP) is 4.23. The van der Waals surface area contributed by atoms with Crippen LogP contribution in [0.3, 0.4) is 0 Å². The van der Waals surface area contributed by atoms with Gasteiger partial charge in [-0.25, -0.2) is 0 Å². The summed E-state index contributed by atoms with van der Waals surface area (Å²) < 4.78 is 5.62. The first-order valence-corrected chi connectivity index (χ1v) is 7.01. The SMILES string of the molecule is CC(C)(CCOc1ccc(-c2ccccc2)cc1)C(=O)O. The van der Waals surface area contributed by atoms with Gasteiger partial charge in [0.1, 0.15) is 5.75 Å². The summed E-state index contributed by atoms with van der Waals surface area (Å²) >= 11 is 0. The van der Waals surface area contributed by atoms with Crippen molar-refractivity contribution < 1.29 is 14.6 Å². The van der Waals surface area contributed by atoms with Crippen LogP contribution in [0, 0.1) is 5.41 Å². The highest BCUT2D eigenvalue weighted by molar-refractivity contribution is 5.73. The van der Waals surface area contributed by atoms with Crippen molar-refractivity contribution >= 4 is 5.97 Å². The molecule has 0 radical (unpaired) electrons. The molecule has 0 aliphatic rings. The minimum absolute atomic E-state index is 0.393. The second kappa shape index (κ2) is 6.44. The zero-order valence-electron chi connectivity index (χ0n) is 12.4. The zero-order valence-corrected chi connectivity index (χ0v) is 12.4. The minimum Gasteiger partial charge on any atom is -0.494 e. The Kier molecular flexibility index (Phi) is 4.63. The lowest BCUT2D eigenvalue weighted by Gasteiger charge is -2.18. The lowest BCUT2D eigenvalue weighted by atomic mass is 9.90. The Morgan fingerprint density at radius 3 is 2.14 bits per heavy atom. The topological polar surface area (TPSA) is 46.5 Å². The molecule has 0 bridgehead atoms. The molecule has 110 valence electrons. The molecule has 2 rings (SSSR count). The second-order valence-corrected chi connectivity index (χ2v) is 5.68. The fourth-order valence-electron chi connectivity index (χ4n) is 1.91. The largest absolute Gasteiger partial charge is 0.494 e. The molecule has 0 aliphatic carbocycles. The maximum atomic E-state index is 11.0. The van der Waals surface area contributed by atoms with Crippen molar-refractivity contribution in [3.8, 4) is 16.9 Å². The molecule has 21 heavy (non-hydrogen) atoms. The highest BCUT2D eigenvalue weighted by Crippen LogP contribution is 2.24. The molecular weight excluding hydrogens is 264 g/mol. The van der Waals surface area contributed by atoms with E-state index in [0.29, 0.717) is 13.0 Å². The van der Waals surface area contributed by atoms with Crippen LogP contribution in [-0.4, -0.2) is 17.7 Å². The molecular formula is C18H20O3. The van der Waals surface area contributed by atoms with Gasteiger partial charge in [0.25, 0.3) is 0 Å². The van der Waals surface area contributed by atoms with E-state index in [1.807, 2.05) is 42.5 Å². The van der Waals surface area contributed by atoms with E-state index in [4.69, 9.17) is 9.84 Å². The Hall–Kier alpha value is -2.29. The molecule has 3 nitrogen and oxygen atoms in total. The Labute approximate surface area is 125 Å². The van der Waals surface area contributed by atoms with E-state index in [-0.39, 0.29) is 0 Å². The van der Waals surface area contributed by atoms with Crippen LogP contribution in [0.2, 0.25) is 0 Å². The van der Waals surface area contributed by atoms with Crippen LogP contribution >= 0.6 is 0 Å². The number of aliphatic carboxylic acids is 1. The summed E-state index contributed by atoms with van der Waals surface area (Å²) in [7, 11) is 0. The molecule has 0 atom stereocenters. The molecule has 2 aromatic rings. The van der Waals surface area contributed by atoms with Gasteiger partial charge in [0.05, 0.1) is 12.0 Å². The number of carboxylic acids is 1. The Morgan fingerprint density at radius 2 is 1.57 bits per heavy atom. The molecule has 3 heteroatoms. The van der Waals surface area contributed by atoms with Crippen LogP contribution in [0.5, 0.6) is 5.75 Å². The first-order valence-electron chi connectivity index (χ1n) is 7.01. The van der Waals surface area contributed by atoms with Crippen molar-refractivity contribution in [2.75, 3.05) is 6.61 Å². The third kappa shape index (κ3) is 4.09. The number of carbonyl (C=O) groups is 1. The fourth-order valence-corrected chi connectivity index (χ4v) is 1.91. The third-order valence-electron chi connectivity index (χ3n) is 3.54. The summed E-state index contributed by atoms with van der Waals surface area (Å²) in [6, 6.07) is 18.0. The first-order chi connectivity index (χ1) is 9.99. The second-order valence-electron chi connectivity index (χ2n) is 5.68. The normalized spacial score (nSPS) is 11.1. The van der Waals surface area contributed by atoms with E-state index in [0.717, 1.165) is 16.9 Å². The van der Waals surface area contributed by atoms with Crippen molar-refractivity contribution in [1.82, 2.24) is 0 Å². The van der Waals surface area contributed by atoms with Gasteiger partial charge < -0.3 is 9.84 Å². The molecule has 0 amide bonds. The minimum atomic E-state index is -0.800. The maximum absolute atomic E-state index is 11.0. The van der Waals surface area contributed by atoms with Crippen LogP contribution in [0.25, 0.3) is 11.1 Å². The van der Waals surface area contributed by atoms with E-state index in [2.05, 4.69) is 12.1 Å². The summed E-state index contributed by atoms with van der Waals surface area (Å²) in [6.45, 7) is 3.80. The van der Waals surface area contributed by atoms with Crippen LogP contribution in [0.1, 0.15) is 20.3 Å². The first kappa shape index (κ1) is 15.1. The standard InChI is InChI=1S/C18H20O3/c1-18(2,17(19)20)12-13-21-16-10-8-15(9-11-16)14-6-4-3-5-7-14/h3-11H,12-13H2,1-2H3,(H,19,20). The van der Waals surface area contributed by atoms with E-state index in [1.165, 1.54) is 0 Å². The number of hydrogen-bond donors (Lipinski definition) is 1. The quantitative estimate of drug-likeness (QED) is 0.863. The van der Waals surface area contributed by atoms with Crippen molar-refractivity contribution in [1.29, 1.82) is 0 Å². The van der Waals surface area contributed by atoms with Gasteiger partial charge in [-0.2, -0.15) is 0 Å². The summed E-state index contributed by atoms with van der Waals surface area (Å²) in [5.41, 5.74) is 1.54. The molecule has 0 spiro atoms. The Bertz CT molecular complexity index is 586. The fraction of sp³-hybridized carbons (Fsp3) is 0.278. The van der Waals surface area contributed by atoms with Crippen LogP contribution in [0.4, 0.5) is 0 Å². The number of ether oxygens (including phenoxy) is 1. The summed E-state index contributed by atoms with van der Waals surface area (Å²) in [6.07, 6.45) is 0.475. The lowest BCUT2D eigenvalue weighted by Crippen LogP contribution is -2.25.